The van der Waals surface area contributed by atoms with Gasteiger partial charge in [0.15, 0.2) is 5.17 Å². The second-order valence-electron chi connectivity index (χ2n) is 2.83. The van der Waals surface area contributed by atoms with Gasteiger partial charge in [-0.1, -0.05) is 41.6 Å². The predicted molar refractivity (Wildman–Crippen MR) is 73.3 cm³/mol. The Morgan fingerprint density at radius 1 is 1.44 bits per heavy atom. The number of hydrogen-bond donors (Lipinski definition) is 1. The Labute approximate surface area is 104 Å². The standard InChI is InChI=1S/C11H12ClN3S/c1-2-7-16-11(13)15-14-8-9-3-5-10(12)6-4-9/h2-6,8H,1,7H2,(H2,13,15)/b14-8+. The molecule has 0 aliphatic heterocycles. The maximum absolute atomic E-state index is 5.75. The molecule has 1 aromatic rings. The number of benzene rings is 1. The SMILES string of the molecule is C=CCS/C(N)=N/N=C/c1ccc(Cl)cc1. The van der Waals surface area contributed by atoms with Crippen molar-refractivity contribution in [1.29, 1.82) is 0 Å². The topological polar surface area (TPSA) is 50.7 Å². The molecular formula is C11H12ClN3S. The summed E-state index contributed by atoms with van der Waals surface area (Å²) in [4.78, 5) is 0. The summed E-state index contributed by atoms with van der Waals surface area (Å²) in [6, 6.07) is 7.30. The summed E-state index contributed by atoms with van der Waals surface area (Å²) < 4.78 is 0. The molecule has 0 aliphatic rings. The second kappa shape index (κ2) is 7.09. The average molecular weight is 254 g/mol. The lowest BCUT2D eigenvalue weighted by molar-refractivity contribution is 1.25. The molecule has 0 unspecified atom stereocenters. The monoisotopic (exact) mass is 253 g/mol. The molecule has 16 heavy (non-hydrogen) atoms. The molecule has 0 amide bonds. The molecule has 0 atom stereocenters. The van der Waals surface area contributed by atoms with E-state index < -0.39 is 0 Å². The van der Waals surface area contributed by atoms with Crippen molar-refractivity contribution >= 4 is 34.7 Å². The third-order valence-corrected chi connectivity index (χ3v) is 2.61. The summed E-state index contributed by atoms with van der Waals surface area (Å²) in [6.45, 7) is 3.59. The maximum Gasteiger partial charge on any atom is 0.180 e. The molecule has 0 fully saturated rings. The van der Waals surface area contributed by atoms with E-state index in [4.69, 9.17) is 17.3 Å². The van der Waals surface area contributed by atoms with Crippen molar-refractivity contribution in [3.8, 4) is 0 Å². The van der Waals surface area contributed by atoms with Crippen molar-refractivity contribution < 1.29 is 0 Å². The molecule has 0 radical (unpaired) electrons. The molecule has 2 N–H and O–H groups in total. The van der Waals surface area contributed by atoms with Gasteiger partial charge in [0.2, 0.25) is 0 Å². The van der Waals surface area contributed by atoms with Crippen LogP contribution in [0, 0.1) is 0 Å². The van der Waals surface area contributed by atoms with Crippen molar-refractivity contribution in [2.45, 2.75) is 0 Å². The molecule has 0 heterocycles. The van der Waals surface area contributed by atoms with Gasteiger partial charge in [0.1, 0.15) is 0 Å². The Balaban J connectivity index is 2.53. The van der Waals surface area contributed by atoms with Gasteiger partial charge in [-0.05, 0) is 17.7 Å². The Morgan fingerprint density at radius 2 is 2.12 bits per heavy atom. The van der Waals surface area contributed by atoms with E-state index in [1.165, 1.54) is 11.8 Å². The molecule has 1 rings (SSSR count). The third kappa shape index (κ3) is 5.00. The lowest BCUT2D eigenvalue weighted by Gasteiger charge is -1.93. The minimum atomic E-state index is 0.421. The summed E-state index contributed by atoms with van der Waals surface area (Å²) in [7, 11) is 0. The van der Waals surface area contributed by atoms with Crippen LogP contribution in [0.25, 0.3) is 0 Å². The van der Waals surface area contributed by atoms with E-state index in [-0.39, 0.29) is 0 Å². The molecule has 1 aromatic carbocycles. The summed E-state index contributed by atoms with van der Waals surface area (Å²) in [5, 5.41) is 8.81. The van der Waals surface area contributed by atoms with Gasteiger partial charge in [0, 0.05) is 10.8 Å². The first-order chi connectivity index (χ1) is 7.72. The summed E-state index contributed by atoms with van der Waals surface area (Å²) in [5.41, 5.74) is 6.50. The molecule has 0 aliphatic carbocycles. The van der Waals surface area contributed by atoms with E-state index in [2.05, 4.69) is 16.8 Å². The van der Waals surface area contributed by atoms with Gasteiger partial charge in [-0.25, -0.2) is 0 Å². The number of halogens is 1. The number of rotatable bonds is 4. The maximum atomic E-state index is 5.75. The normalized spacial score (nSPS) is 11.9. The van der Waals surface area contributed by atoms with Gasteiger partial charge < -0.3 is 5.73 Å². The van der Waals surface area contributed by atoms with Crippen LogP contribution in [-0.2, 0) is 0 Å². The first kappa shape index (κ1) is 12.8. The second-order valence-corrected chi connectivity index (χ2v) is 4.31. The van der Waals surface area contributed by atoms with Crippen molar-refractivity contribution in [3.63, 3.8) is 0 Å². The van der Waals surface area contributed by atoms with E-state index in [1.807, 2.05) is 12.1 Å². The Bertz CT molecular complexity index is 398. The Kier molecular flexibility index (Phi) is 5.67. The fraction of sp³-hybridized carbons (Fsp3) is 0.0909. The van der Waals surface area contributed by atoms with Gasteiger partial charge >= 0.3 is 0 Å². The summed E-state index contributed by atoms with van der Waals surface area (Å²) in [6.07, 6.45) is 3.38. The third-order valence-electron chi connectivity index (χ3n) is 1.58. The lowest BCUT2D eigenvalue weighted by atomic mass is 10.2. The Hall–Kier alpha value is -1.26. The largest absolute Gasteiger partial charge is 0.377 e. The van der Waals surface area contributed by atoms with Crippen LogP contribution in [0.3, 0.4) is 0 Å². The fourth-order valence-corrected chi connectivity index (χ4v) is 1.39. The van der Waals surface area contributed by atoms with Crippen LogP contribution in [0.15, 0.2) is 47.1 Å². The molecule has 84 valence electrons. The van der Waals surface area contributed by atoms with Crippen LogP contribution >= 0.6 is 23.4 Å². The van der Waals surface area contributed by atoms with Crippen molar-refractivity contribution in [1.82, 2.24) is 0 Å². The van der Waals surface area contributed by atoms with E-state index in [0.29, 0.717) is 10.2 Å². The van der Waals surface area contributed by atoms with E-state index in [0.717, 1.165) is 11.3 Å². The minimum absolute atomic E-state index is 0.421. The van der Waals surface area contributed by atoms with Crippen molar-refractivity contribution in [2.24, 2.45) is 15.9 Å². The number of thioether (sulfide) groups is 1. The quantitative estimate of drug-likeness (QED) is 0.388. The molecule has 5 heteroatoms. The average Bonchev–Trinajstić information content (AvgIpc) is 2.29. The molecule has 0 aromatic heterocycles. The van der Waals surface area contributed by atoms with Crippen molar-refractivity contribution in [2.75, 3.05) is 5.75 Å². The van der Waals surface area contributed by atoms with Crippen LogP contribution in [0.1, 0.15) is 5.56 Å². The van der Waals surface area contributed by atoms with Crippen LogP contribution in [0.5, 0.6) is 0 Å². The van der Waals surface area contributed by atoms with Crippen LogP contribution in [0.2, 0.25) is 5.02 Å². The zero-order chi connectivity index (χ0) is 11.8. The zero-order valence-corrected chi connectivity index (χ0v) is 10.2. The van der Waals surface area contributed by atoms with E-state index in [9.17, 15) is 0 Å². The molecular weight excluding hydrogens is 242 g/mol. The molecule has 0 spiro atoms. The molecule has 0 bridgehead atoms. The highest BCUT2D eigenvalue weighted by Gasteiger charge is 1.90. The zero-order valence-electron chi connectivity index (χ0n) is 8.64. The lowest BCUT2D eigenvalue weighted by Crippen LogP contribution is -2.05. The van der Waals surface area contributed by atoms with Crippen LogP contribution in [-0.4, -0.2) is 17.1 Å². The van der Waals surface area contributed by atoms with Gasteiger partial charge in [-0.2, -0.15) is 5.10 Å². The number of hydrogen-bond acceptors (Lipinski definition) is 3. The first-order valence-corrected chi connectivity index (χ1v) is 5.94. The Morgan fingerprint density at radius 3 is 2.75 bits per heavy atom. The summed E-state index contributed by atoms with van der Waals surface area (Å²) >= 11 is 7.14. The number of amidine groups is 1. The highest BCUT2D eigenvalue weighted by atomic mass is 35.5. The van der Waals surface area contributed by atoms with E-state index in [1.54, 1.807) is 24.4 Å². The predicted octanol–water partition coefficient (Wildman–Crippen LogP) is 2.91. The first-order valence-electron chi connectivity index (χ1n) is 4.58. The van der Waals surface area contributed by atoms with Crippen molar-refractivity contribution in [3.05, 3.63) is 47.5 Å². The molecule has 0 saturated carbocycles. The van der Waals surface area contributed by atoms with Crippen LogP contribution in [0.4, 0.5) is 0 Å². The van der Waals surface area contributed by atoms with Gasteiger partial charge in [-0.3, -0.25) is 0 Å². The highest BCUT2D eigenvalue weighted by Crippen LogP contribution is 2.08. The summed E-state index contributed by atoms with van der Waals surface area (Å²) in [5.74, 6) is 0.728. The highest BCUT2D eigenvalue weighted by molar-refractivity contribution is 8.13. The minimum Gasteiger partial charge on any atom is -0.377 e. The van der Waals surface area contributed by atoms with Gasteiger partial charge in [-0.15, -0.1) is 11.7 Å². The van der Waals surface area contributed by atoms with Gasteiger partial charge in [0.25, 0.3) is 0 Å². The smallest absolute Gasteiger partial charge is 0.180 e. The van der Waals surface area contributed by atoms with E-state index >= 15 is 0 Å². The fourth-order valence-electron chi connectivity index (χ4n) is 0.874. The number of nitrogens with zero attached hydrogens (tertiary/aromatic N) is 2. The van der Waals surface area contributed by atoms with Gasteiger partial charge in [0.05, 0.1) is 6.21 Å². The molecule has 3 nitrogen and oxygen atoms in total. The molecule has 0 saturated heterocycles. The van der Waals surface area contributed by atoms with Crippen LogP contribution < -0.4 is 5.73 Å². The number of nitrogens with two attached hydrogens (primary N) is 1.